The van der Waals surface area contributed by atoms with Crippen LogP contribution >= 0.6 is 46.7 Å². The van der Waals surface area contributed by atoms with Crippen molar-refractivity contribution in [1.29, 1.82) is 0 Å². The SMILES string of the molecule is CN=C(NCC(c1cccs1)N1CCOCC1)N(C)CCc1cccs1.I. The van der Waals surface area contributed by atoms with Crippen LogP contribution in [-0.2, 0) is 11.2 Å². The van der Waals surface area contributed by atoms with Gasteiger partial charge in [0.15, 0.2) is 5.96 Å². The number of rotatable bonds is 7. The van der Waals surface area contributed by atoms with Crippen molar-refractivity contribution in [3.8, 4) is 0 Å². The van der Waals surface area contributed by atoms with Crippen LogP contribution in [0.1, 0.15) is 15.8 Å². The number of ether oxygens (including phenoxy) is 1. The highest BCUT2D eigenvalue weighted by Gasteiger charge is 2.24. The lowest BCUT2D eigenvalue weighted by atomic mass is 10.2. The molecule has 1 fully saturated rings. The molecule has 0 aromatic carbocycles. The smallest absolute Gasteiger partial charge is 0.193 e. The van der Waals surface area contributed by atoms with E-state index in [0.717, 1.165) is 51.8 Å². The topological polar surface area (TPSA) is 40.1 Å². The number of likely N-dealkylation sites (N-methyl/N-ethyl adjacent to an activating group) is 1. The van der Waals surface area contributed by atoms with Crippen LogP contribution < -0.4 is 5.32 Å². The van der Waals surface area contributed by atoms with E-state index in [9.17, 15) is 0 Å². The second-order valence-electron chi connectivity index (χ2n) is 6.36. The normalized spacial score (nSPS) is 16.6. The van der Waals surface area contributed by atoms with Gasteiger partial charge in [0.25, 0.3) is 0 Å². The van der Waals surface area contributed by atoms with E-state index in [-0.39, 0.29) is 24.0 Å². The number of hydrogen-bond donors (Lipinski definition) is 1. The molecule has 3 heterocycles. The van der Waals surface area contributed by atoms with Crippen molar-refractivity contribution < 1.29 is 4.74 Å². The van der Waals surface area contributed by atoms with Crippen molar-refractivity contribution in [1.82, 2.24) is 15.1 Å². The summed E-state index contributed by atoms with van der Waals surface area (Å²) in [7, 11) is 3.97. The van der Waals surface area contributed by atoms with Crippen LogP contribution in [0.2, 0.25) is 0 Å². The molecule has 2 aromatic rings. The van der Waals surface area contributed by atoms with Crippen molar-refractivity contribution in [3.05, 3.63) is 44.8 Å². The Bertz CT molecular complexity index is 657. The second kappa shape index (κ2) is 12.0. The van der Waals surface area contributed by atoms with Crippen molar-refractivity contribution >= 4 is 52.6 Å². The Morgan fingerprint density at radius 2 is 2.00 bits per heavy atom. The molecule has 1 aliphatic rings. The van der Waals surface area contributed by atoms with Crippen LogP contribution in [-0.4, -0.2) is 69.2 Å². The van der Waals surface area contributed by atoms with Crippen LogP contribution in [0.25, 0.3) is 0 Å². The molecule has 27 heavy (non-hydrogen) atoms. The Morgan fingerprint density at radius 1 is 1.26 bits per heavy atom. The van der Waals surface area contributed by atoms with Gasteiger partial charge >= 0.3 is 0 Å². The number of nitrogens with zero attached hydrogens (tertiary/aromatic N) is 3. The molecule has 5 nitrogen and oxygen atoms in total. The molecule has 1 N–H and O–H groups in total. The molecular weight excluding hydrogens is 491 g/mol. The lowest BCUT2D eigenvalue weighted by molar-refractivity contribution is 0.0176. The van der Waals surface area contributed by atoms with Crippen LogP contribution in [0.4, 0.5) is 0 Å². The Balaban J connectivity index is 0.00000261. The first-order chi connectivity index (χ1) is 12.8. The summed E-state index contributed by atoms with van der Waals surface area (Å²) < 4.78 is 5.53. The largest absolute Gasteiger partial charge is 0.379 e. The van der Waals surface area contributed by atoms with Crippen LogP contribution in [0.5, 0.6) is 0 Å². The van der Waals surface area contributed by atoms with Gasteiger partial charge in [-0.25, -0.2) is 0 Å². The van der Waals surface area contributed by atoms with Crippen molar-refractivity contribution in [3.63, 3.8) is 0 Å². The molecule has 1 unspecified atom stereocenters. The number of morpholine rings is 1. The van der Waals surface area contributed by atoms with E-state index >= 15 is 0 Å². The van der Waals surface area contributed by atoms with E-state index in [1.807, 2.05) is 29.7 Å². The van der Waals surface area contributed by atoms with Gasteiger partial charge < -0.3 is 15.0 Å². The van der Waals surface area contributed by atoms with E-state index in [4.69, 9.17) is 4.74 Å². The fourth-order valence-corrected chi connectivity index (χ4v) is 4.75. The number of nitrogens with one attached hydrogen (secondary N) is 1. The molecule has 0 spiro atoms. The van der Waals surface area contributed by atoms with E-state index in [2.05, 4.69) is 62.2 Å². The molecule has 0 saturated carbocycles. The third kappa shape index (κ3) is 6.70. The van der Waals surface area contributed by atoms with Crippen LogP contribution in [0.3, 0.4) is 0 Å². The zero-order valence-electron chi connectivity index (χ0n) is 16.0. The van der Waals surface area contributed by atoms with Gasteiger partial charge in [0, 0.05) is 50.0 Å². The highest BCUT2D eigenvalue weighted by Crippen LogP contribution is 2.25. The predicted octanol–water partition coefficient (Wildman–Crippen LogP) is 3.55. The lowest BCUT2D eigenvalue weighted by Crippen LogP contribution is -2.46. The number of aliphatic imine (C=N–C) groups is 1. The van der Waals surface area contributed by atoms with Gasteiger partial charge in [-0.2, -0.15) is 0 Å². The van der Waals surface area contributed by atoms with Gasteiger partial charge in [0.1, 0.15) is 0 Å². The average molecular weight is 521 g/mol. The molecule has 1 atom stereocenters. The third-order valence-corrected chi connectivity index (χ3v) is 6.57. The van der Waals surface area contributed by atoms with E-state index < -0.39 is 0 Å². The minimum Gasteiger partial charge on any atom is -0.379 e. The summed E-state index contributed by atoms with van der Waals surface area (Å²) >= 11 is 3.64. The summed E-state index contributed by atoms with van der Waals surface area (Å²) in [6, 6.07) is 9.04. The first-order valence-electron chi connectivity index (χ1n) is 9.07. The van der Waals surface area contributed by atoms with E-state index in [0.29, 0.717) is 6.04 Å². The Kier molecular flexibility index (Phi) is 10.1. The molecule has 0 bridgehead atoms. The fraction of sp³-hybridized carbons (Fsp3) is 0.526. The summed E-state index contributed by atoms with van der Waals surface area (Å²) in [5, 5.41) is 7.88. The zero-order valence-corrected chi connectivity index (χ0v) is 19.9. The monoisotopic (exact) mass is 520 g/mol. The maximum Gasteiger partial charge on any atom is 0.193 e. The molecule has 0 radical (unpaired) electrons. The summed E-state index contributed by atoms with van der Waals surface area (Å²) in [6.07, 6.45) is 1.05. The van der Waals surface area contributed by atoms with Gasteiger partial charge in [-0.05, 0) is 29.3 Å². The van der Waals surface area contributed by atoms with Crippen LogP contribution in [0, 0.1) is 0 Å². The standard InChI is InChI=1S/C19H28N4OS2.HI/c1-20-19(22(2)8-7-16-5-3-13-25-16)21-15-17(18-6-4-14-26-18)23-9-11-24-12-10-23;/h3-6,13-14,17H,7-12,15H2,1-2H3,(H,20,21);1H. The van der Waals surface area contributed by atoms with Crippen molar-refractivity contribution in [2.24, 2.45) is 4.99 Å². The van der Waals surface area contributed by atoms with Crippen molar-refractivity contribution in [2.45, 2.75) is 12.5 Å². The molecular formula is C19H29IN4OS2. The number of halogens is 1. The Labute approximate surface area is 187 Å². The first kappa shape index (κ1) is 22.6. The van der Waals surface area contributed by atoms with Crippen molar-refractivity contribution in [2.75, 3.05) is 53.5 Å². The van der Waals surface area contributed by atoms with Gasteiger partial charge in [0.2, 0.25) is 0 Å². The number of hydrogen-bond acceptors (Lipinski definition) is 5. The summed E-state index contributed by atoms with van der Waals surface area (Å²) in [5.41, 5.74) is 0. The number of guanidine groups is 1. The molecule has 1 saturated heterocycles. The van der Waals surface area contributed by atoms with Gasteiger partial charge in [-0.15, -0.1) is 46.7 Å². The van der Waals surface area contributed by atoms with Crippen LogP contribution in [0.15, 0.2) is 40.0 Å². The predicted molar refractivity (Wildman–Crippen MR) is 127 cm³/mol. The first-order valence-corrected chi connectivity index (χ1v) is 10.8. The minimum absolute atomic E-state index is 0. The van der Waals surface area contributed by atoms with Gasteiger partial charge in [-0.1, -0.05) is 12.1 Å². The zero-order chi connectivity index (χ0) is 18.2. The maximum absolute atomic E-state index is 5.53. The summed E-state index contributed by atoms with van der Waals surface area (Å²) in [6.45, 7) is 5.42. The third-order valence-electron chi connectivity index (χ3n) is 4.66. The highest BCUT2D eigenvalue weighted by molar-refractivity contribution is 14.0. The molecule has 150 valence electrons. The molecule has 0 amide bonds. The average Bonchev–Trinajstić information content (AvgIpc) is 3.38. The van der Waals surface area contributed by atoms with Gasteiger partial charge in [-0.3, -0.25) is 9.89 Å². The molecule has 3 rings (SSSR count). The maximum atomic E-state index is 5.53. The Hall–Kier alpha value is -0.680. The molecule has 1 aliphatic heterocycles. The summed E-state index contributed by atoms with van der Waals surface area (Å²) in [5.74, 6) is 0.955. The Morgan fingerprint density at radius 3 is 2.63 bits per heavy atom. The quantitative estimate of drug-likeness (QED) is 0.345. The van der Waals surface area contributed by atoms with Gasteiger partial charge in [0.05, 0.1) is 19.3 Å². The fourth-order valence-electron chi connectivity index (χ4n) is 3.19. The summed E-state index contributed by atoms with van der Waals surface area (Å²) in [4.78, 5) is 12.0. The molecule has 2 aromatic heterocycles. The molecule has 0 aliphatic carbocycles. The molecule has 8 heteroatoms. The highest BCUT2D eigenvalue weighted by atomic mass is 127. The van der Waals surface area contributed by atoms with E-state index in [1.54, 1.807) is 0 Å². The minimum atomic E-state index is 0. The van der Waals surface area contributed by atoms with E-state index in [1.165, 1.54) is 9.75 Å². The number of thiophene rings is 2. The second-order valence-corrected chi connectivity index (χ2v) is 8.37. The lowest BCUT2D eigenvalue weighted by Gasteiger charge is -2.35.